The van der Waals surface area contributed by atoms with Crippen LogP contribution < -0.4 is 9.62 Å². The van der Waals surface area contributed by atoms with Gasteiger partial charge in [0, 0.05) is 11.6 Å². The van der Waals surface area contributed by atoms with Crippen molar-refractivity contribution in [2.24, 2.45) is 0 Å². The summed E-state index contributed by atoms with van der Waals surface area (Å²) in [7, 11) is -3.96. The molecule has 0 fully saturated rings. The zero-order valence-corrected chi connectivity index (χ0v) is 19.1. The van der Waals surface area contributed by atoms with Gasteiger partial charge in [-0.25, -0.2) is 8.42 Å². The fourth-order valence-electron chi connectivity index (χ4n) is 3.07. The third kappa shape index (κ3) is 5.87. The Morgan fingerprint density at radius 2 is 1.65 bits per heavy atom. The predicted octanol–water partition coefficient (Wildman–Crippen LogP) is 4.51. The molecule has 5 nitrogen and oxygen atoms in total. The summed E-state index contributed by atoms with van der Waals surface area (Å²) in [6.45, 7) is 3.79. The number of sulfonamides is 1. The molecule has 3 aromatic carbocycles. The number of hydrogen-bond donors (Lipinski definition) is 1. The molecule has 0 atom stereocenters. The fraction of sp³-hybridized carbons (Fsp3) is 0.208. The largest absolute Gasteiger partial charge is 0.354 e. The van der Waals surface area contributed by atoms with Crippen LogP contribution >= 0.6 is 11.6 Å². The Kier molecular flexibility index (Phi) is 7.36. The van der Waals surface area contributed by atoms with Crippen LogP contribution in [0.1, 0.15) is 16.7 Å². The lowest BCUT2D eigenvalue weighted by Crippen LogP contribution is -2.41. The number of halogens is 1. The van der Waals surface area contributed by atoms with Gasteiger partial charge in [0.15, 0.2) is 0 Å². The van der Waals surface area contributed by atoms with Crippen LogP contribution in [0.4, 0.5) is 5.69 Å². The molecular weight excluding hydrogens is 432 g/mol. The van der Waals surface area contributed by atoms with Gasteiger partial charge in [-0.1, -0.05) is 65.7 Å². The zero-order valence-electron chi connectivity index (χ0n) is 17.5. The predicted molar refractivity (Wildman–Crippen MR) is 125 cm³/mol. The SMILES string of the molecule is Cc1ccc(S(=O)(=O)N(CC(=O)NCCc2ccccc2)c2ccc(C)c(Cl)c2)cc1. The van der Waals surface area contributed by atoms with E-state index < -0.39 is 10.0 Å². The van der Waals surface area contributed by atoms with Gasteiger partial charge in [0.05, 0.1) is 10.6 Å². The Morgan fingerprint density at radius 3 is 2.29 bits per heavy atom. The Labute approximate surface area is 188 Å². The van der Waals surface area contributed by atoms with Crippen molar-refractivity contribution in [2.45, 2.75) is 25.2 Å². The van der Waals surface area contributed by atoms with Crippen molar-refractivity contribution in [3.8, 4) is 0 Å². The number of nitrogens with one attached hydrogen (secondary N) is 1. The van der Waals surface area contributed by atoms with Crippen LogP contribution in [0.5, 0.6) is 0 Å². The summed E-state index contributed by atoms with van der Waals surface area (Å²) in [6, 6.07) is 21.3. The second-order valence-corrected chi connectivity index (χ2v) is 9.61. The summed E-state index contributed by atoms with van der Waals surface area (Å²) >= 11 is 6.24. The standard InChI is InChI=1S/C24H25ClN2O3S/c1-18-8-12-22(13-9-18)31(29,30)27(21-11-10-19(2)23(25)16-21)17-24(28)26-15-14-20-6-4-3-5-7-20/h3-13,16H,14-15,17H2,1-2H3,(H,26,28). The van der Waals surface area contributed by atoms with E-state index in [-0.39, 0.29) is 17.3 Å². The molecule has 1 amide bonds. The van der Waals surface area contributed by atoms with Crippen LogP contribution in [0.25, 0.3) is 0 Å². The summed E-state index contributed by atoms with van der Waals surface area (Å²) in [5, 5.41) is 3.25. The lowest BCUT2D eigenvalue weighted by molar-refractivity contribution is -0.119. The number of benzene rings is 3. The topological polar surface area (TPSA) is 66.5 Å². The van der Waals surface area contributed by atoms with Gasteiger partial charge >= 0.3 is 0 Å². The highest BCUT2D eigenvalue weighted by molar-refractivity contribution is 7.92. The quantitative estimate of drug-likeness (QED) is 0.542. The van der Waals surface area contributed by atoms with Gasteiger partial charge in [-0.3, -0.25) is 9.10 Å². The molecule has 0 spiro atoms. The van der Waals surface area contributed by atoms with Gasteiger partial charge < -0.3 is 5.32 Å². The third-order valence-electron chi connectivity index (χ3n) is 4.92. The van der Waals surface area contributed by atoms with E-state index in [0.717, 1.165) is 21.0 Å². The smallest absolute Gasteiger partial charge is 0.264 e. The Hall–Kier alpha value is -2.83. The summed E-state index contributed by atoms with van der Waals surface area (Å²) in [5.74, 6) is -0.386. The van der Waals surface area contributed by atoms with E-state index in [2.05, 4.69) is 5.32 Å². The molecule has 0 radical (unpaired) electrons. The van der Waals surface area contributed by atoms with Gasteiger partial charge in [0.2, 0.25) is 5.91 Å². The number of amides is 1. The maximum absolute atomic E-state index is 13.4. The van der Waals surface area contributed by atoms with Crippen molar-refractivity contribution in [1.29, 1.82) is 0 Å². The molecule has 0 aliphatic rings. The third-order valence-corrected chi connectivity index (χ3v) is 7.11. The molecule has 3 rings (SSSR count). The van der Waals surface area contributed by atoms with Crippen LogP contribution in [0.2, 0.25) is 5.02 Å². The van der Waals surface area contributed by atoms with Gasteiger partial charge in [-0.15, -0.1) is 0 Å². The first-order chi connectivity index (χ1) is 14.8. The van der Waals surface area contributed by atoms with Crippen molar-refractivity contribution in [2.75, 3.05) is 17.4 Å². The van der Waals surface area contributed by atoms with E-state index in [0.29, 0.717) is 23.7 Å². The number of anilines is 1. The van der Waals surface area contributed by atoms with Gasteiger partial charge in [-0.2, -0.15) is 0 Å². The molecule has 0 saturated heterocycles. The monoisotopic (exact) mass is 456 g/mol. The average molecular weight is 457 g/mol. The lowest BCUT2D eigenvalue weighted by atomic mass is 10.1. The summed E-state index contributed by atoms with van der Waals surface area (Å²) < 4.78 is 27.8. The lowest BCUT2D eigenvalue weighted by Gasteiger charge is -2.24. The first kappa shape index (κ1) is 22.8. The van der Waals surface area contributed by atoms with Crippen molar-refractivity contribution >= 4 is 33.2 Å². The van der Waals surface area contributed by atoms with E-state index in [4.69, 9.17) is 11.6 Å². The van der Waals surface area contributed by atoms with Crippen LogP contribution in [0.15, 0.2) is 77.7 Å². The molecule has 31 heavy (non-hydrogen) atoms. The Morgan fingerprint density at radius 1 is 0.968 bits per heavy atom. The van der Waals surface area contributed by atoms with E-state index >= 15 is 0 Å². The molecule has 0 unspecified atom stereocenters. The van der Waals surface area contributed by atoms with Gasteiger partial charge in [-0.05, 0) is 55.7 Å². The number of carbonyl (C=O) groups is 1. The number of aryl methyl sites for hydroxylation is 2. The van der Waals surface area contributed by atoms with Crippen molar-refractivity contribution < 1.29 is 13.2 Å². The molecule has 3 aromatic rings. The van der Waals surface area contributed by atoms with E-state index in [1.54, 1.807) is 42.5 Å². The Bertz CT molecular complexity index is 1150. The minimum atomic E-state index is -3.96. The minimum Gasteiger partial charge on any atom is -0.354 e. The molecule has 0 aliphatic carbocycles. The van der Waals surface area contributed by atoms with E-state index in [1.807, 2.05) is 44.2 Å². The average Bonchev–Trinajstić information content (AvgIpc) is 2.75. The molecule has 0 aromatic heterocycles. The summed E-state index contributed by atoms with van der Waals surface area (Å²) in [5.41, 5.74) is 3.21. The molecule has 0 heterocycles. The second-order valence-electron chi connectivity index (χ2n) is 7.34. The molecule has 1 N–H and O–H groups in total. The van der Waals surface area contributed by atoms with Crippen LogP contribution in [-0.4, -0.2) is 27.4 Å². The number of nitrogens with zero attached hydrogens (tertiary/aromatic N) is 1. The first-order valence-electron chi connectivity index (χ1n) is 9.93. The number of rotatable bonds is 8. The highest BCUT2D eigenvalue weighted by atomic mass is 35.5. The summed E-state index contributed by atoms with van der Waals surface area (Å²) in [4.78, 5) is 12.8. The summed E-state index contributed by atoms with van der Waals surface area (Å²) in [6.07, 6.45) is 0.660. The van der Waals surface area contributed by atoms with Gasteiger partial charge in [0.1, 0.15) is 6.54 Å². The maximum atomic E-state index is 13.4. The zero-order chi connectivity index (χ0) is 22.4. The van der Waals surface area contributed by atoms with E-state index in [1.165, 1.54) is 0 Å². The van der Waals surface area contributed by atoms with E-state index in [9.17, 15) is 13.2 Å². The molecule has 0 saturated carbocycles. The fourth-order valence-corrected chi connectivity index (χ4v) is 4.65. The van der Waals surface area contributed by atoms with Gasteiger partial charge in [0.25, 0.3) is 10.0 Å². The molecule has 0 aliphatic heterocycles. The van der Waals surface area contributed by atoms with Crippen LogP contribution in [0.3, 0.4) is 0 Å². The second kappa shape index (κ2) is 9.98. The first-order valence-corrected chi connectivity index (χ1v) is 11.8. The number of hydrogen-bond acceptors (Lipinski definition) is 3. The van der Waals surface area contributed by atoms with Crippen molar-refractivity contribution in [3.05, 3.63) is 94.5 Å². The van der Waals surface area contributed by atoms with Crippen molar-refractivity contribution in [3.63, 3.8) is 0 Å². The van der Waals surface area contributed by atoms with Crippen molar-refractivity contribution in [1.82, 2.24) is 5.32 Å². The molecule has 0 bridgehead atoms. The van der Waals surface area contributed by atoms with Crippen LogP contribution in [-0.2, 0) is 21.2 Å². The maximum Gasteiger partial charge on any atom is 0.264 e. The Balaban J connectivity index is 1.82. The molecule has 7 heteroatoms. The molecule has 162 valence electrons. The molecular formula is C24H25ClN2O3S. The number of carbonyl (C=O) groups excluding carboxylic acids is 1. The normalized spacial score (nSPS) is 11.2. The van der Waals surface area contributed by atoms with Crippen LogP contribution in [0, 0.1) is 13.8 Å². The minimum absolute atomic E-state index is 0.117. The highest BCUT2D eigenvalue weighted by Crippen LogP contribution is 2.28. The highest BCUT2D eigenvalue weighted by Gasteiger charge is 2.27.